The van der Waals surface area contributed by atoms with Crippen molar-refractivity contribution in [3.8, 4) is 5.75 Å². The molecule has 2 N–H and O–H groups in total. The lowest BCUT2D eigenvalue weighted by molar-refractivity contribution is 0.00836. The number of aliphatic hydroxyl groups excluding tert-OH is 1. The highest BCUT2D eigenvalue weighted by atomic mass is 19.1. The van der Waals surface area contributed by atoms with Crippen LogP contribution in [0.25, 0.3) is 0 Å². The normalized spacial score (nSPS) is 12.8. The molecule has 0 saturated carbocycles. The Morgan fingerprint density at radius 3 is 2.08 bits per heavy atom. The third-order valence-corrected chi connectivity index (χ3v) is 8.09. The molecule has 2 atom stereocenters. The Morgan fingerprint density at radius 2 is 1.49 bits per heavy atom. The molecule has 3 amide bonds. The van der Waals surface area contributed by atoms with Crippen LogP contribution in [-0.4, -0.2) is 90.1 Å². The van der Waals surface area contributed by atoms with Gasteiger partial charge in [0.1, 0.15) is 30.1 Å². The molecule has 0 heterocycles. The molecule has 3 aromatic rings. The second kappa shape index (κ2) is 19.7. The van der Waals surface area contributed by atoms with E-state index in [-0.39, 0.29) is 42.1 Å². The number of carbonyl (C=O) groups excluding carboxylic acids is 3. The van der Waals surface area contributed by atoms with Gasteiger partial charge >= 0.3 is 6.09 Å². The molecule has 0 radical (unpaired) electrons. The lowest BCUT2D eigenvalue weighted by Crippen LogP contribution is -2.51. The van der Waals surface area contributed by atoms with Gasteiger partial charge in [0.05, 0.1) is 31.5 Å². The van der Waals surface area contributed by atoms with E-state index in [0.717, 1.165) is 31.0 Å². The third kappa shape index (κ3) is 13.2. The van der Waals surface area contributed by atoms with Gasteiger partial charge in [0.15, 0.2) is 0 Å². The van der Waals surface area contributed by atoms with Crippen molar-refractivity contribution < 1.29 is 42.6 Å². The summed E-state index contributed by atoms with van der Waals surface area (Å²) in [5.41, 5.74) is 1.16. The first kappa shape index (κ1) is 42.4. The third-order valence-electron chi connectivity index (χ3n) is 8.09. The maximum atomic E-state index is 14.3. The van der Waals surface area contributed by atoms with Gasteiger partial charge in [-0.2, -0.15) is 0 Å². The molecule has 0 bridgehead atoms. The van der Waals surface area contributed by atoms with Gasteiger partial charge in [-0.25, -0.2) is 13.6 Å². The second-order valence-corrected chi connectivity index (χ2v) is 13.8. The van der Waals surface area contributed by atoms with E-state index in [4.69, 9.17) is 14.3 Å². The molecule has 0 unspecified atom stereocenters. The zero-order chi connectivity index (χ0) is 39.3. The highest BCUT2D eigenvalue weighted by molar-refractivity contribution is 6.06. The summed E-state index contributed by atoms with van der Waals surface area (Å²) in [5, 5.41) is 18.6. The van der Waals surface area contributed by atoms with Crippen molar-refractivity contribution in [3.63, 3.8) is 0 Å². The van der Waals surface area contributed by atoms with Crippen molar-refractivity contribution in [3.05, 3.63) is 100 Å². The first-order chi connectivity index (χ1) is 25.1. The molecule has 3 rings (SSSR count). The van der Waals surface area contributed by atoms with Crippen molar-refractivity contribution in [2.75, 3.05) is 33.9 Å². The van der Waals surface area contributed by atoms with Crippen LogP contribution in [0, 0.1) is 11.6 Å². The van der Waals surface area contributed by atoms with E-state index in [1.165, 1.54) is 31.3 Å². The molecule has 3 aromatic carbocycles. The van der Waals surface area contributed by atoms with Gasteiger partial charge < -0.3 is 34.5 Å². The van der Waals surface area contributed by atoms with Crippen LogP contribution in [0.1, 0.15) is 91.8 Å². The largest absolute Gasteiger partial charge is 0.497 e. The SMILES string of the molecule is CCCN(CCC)C(=O)c1cc(C(=O)N[C@@H](Cc2cc(F)cc(F)c2)[C@H](O)CN(Cc2cccc(OC)c2)C(=O)OC(C)(C)C)cc(/C(C)=N/OC)c1. The molecule has 0 aliphatic rings. The Hall–Kier alpha value is -5.04. The first-order valence-corrected chi connectivity index (χ1v) is 17.6. The maximum absolute atomic E-state index is 14.3. The number of benzene rings is 3. The second-order valence-electron chi connectivity index (χ2n) is 13.8. The average molecular weight is 739 g/mol. The summed E-state index contributed by atoms with van der Waals surface area (Å²) in [5.74, 6) is -2.06. The van der Waals surface area contributed by atoms with Crippen LogP contribution >= 0.6 is 0 Å². The van der Waals surface area contributed by atoms with E-state index in [1.54, 1.807) is 62.9 Å². The van der Waals surface area contributed by atoms with Crippen molar-refractivity contribution in [2.24, 2.45) is 5.16 Å². The summed E-state index contributed by atoms with van der Waals surface area (Å²) in [4.78, 5) is 49.2. The van der Waals surface area contributed by atoms with Crippen LogP contribution in [0.15, 0.2) is 65.8 Å². The molecule has 0 spiro atoms. The number of methoxy groups -OCH3 is 1. The Morgan fingerprint density at radius 1 is 0.868 bits per heavy atom. The van der Waals surface area contributed by atoms with Gasteiger partial charge in [-0.05, 0) is 101 Å². The number of oxime groups is 1. The number of nitrogens with one attached hydrogen (secondary N) is 1. The molecule has 0 aliphatic heterocycles. The lowest BCUT2D eigenvalue weighted by atomic mass is 9.98. The van der Waals surface area contributed by atoms with E-state index in [2.05, 4.69) is 10.5 Å². The Balaban J connectivity index is 2.06. The van der Waals surface area contributed by atoms with Gasteiger partial charge in [0, 0.05) is 42.4 Å². The summed E-state index contributed by atoms with van der Waals surface area (Å²) in [6.45, 7) is 11.5. The number of carbonyl (C=O) groups is 3. The molecule has 0 fully saturated rings. The molecule has 0 saturated heterocycles. The standard InChI is InChI=1S/C40H52F2N4O7/c1-9-14-45(15-10-2)38(49)31-21-29(26(3)44-52-8)20-30(22-31)37(48)43-35(19-28-16-32(41)23-33(42)17-28)36(47)25-46(39(50)53-40(4,5)6)24-27-12-11-13-34(18-27)51-7/h11-13,16-18,20-23,35-36,47H,9-10,14-15,19,24-25H2,1-8H3,(H,43,48)/b44-26+/t35-,36+/m0/s1. The summed E-state index contributed by atoms with van der Waals surface area (Å²) in [6.07, 6.45) is -0.926. The Labute approximate surface area is 310 Å². The maximum Gasteiger partial charge on any atom is 0.410 e. The van der Waals surface area contributed by atoms with Crippen LogP contribution in [0.5, 0.6) is 5.75 Å². The quantitative estimate of drug-likeness (QED) is 0.116. The van der Waals surface area contributed by atoms with Crippen molar-refractivity contribution in [1.29, 1.82) is 0 Å². The monoisotopic (exact) mass is 738 g/mol. The minimum atomic E-state index is -1.46. The van der Waals surface area contributed by atoms with Gasteiger partial charge in [0.2, 0.25) is 0 Å². The summed E-state index contributed by atoms with van der Waals surface area (Å²) in [7, 11) is 2.90. The molecular weight excluding hydrogens is 686 g/mol. The summed E-state index contributed by atoms with van der Waals surface area (Å²) < 4.78 is 39.7. The predicted molar refractivity (Wildman–Crippen MR) is 199 cm³/mol. The van der Waals surface area contributed by atoms with Crippen LogP contribution in [-0.2, 0) is 22.5 Å². The fourth-order valence-electron chi connectivity index (χ4n) is 5.71. The molecule has 0 aromatic heterocycles. The van der Waals surface area contributed by atoms with Gasteiger partial charge in [-0.3, -0.25) is 9.59 Å². The number of halogens is 2. The smallest absolute Gasteiger partial charge is 0.410 e. The molecule has 13 heteroatoms. The van der Waals surface area contributed by atoms with Crippen LogP contribution in [0.4, 0.5) is 13.6 Å². The van der Waals surface area contributed by atoms with Crippen LogP contribution in [0.2, 0.25) is 0 Å². The van der Waals surface area contributed by atoms with Gasteiger partial charge in [0.25, 0.3) is 11.8 Å². The minimum Gasteiger partial charge on any atom is -0.497 e. The molecule has 288 valence electrons. The number of nitrogens with zero attached hydrogens (tertiary/aromatic N) is 3. The Bertz CT molecular complexity index is 1720. The van der Waals surface area contributed by atoms with Crippen LogP contribution < -0.4 is 10.1 Å². The van der Waals surface area contributed by atoms with E-state index >= 15 is 0 Å². The number of hydrogen-bond donors (Lipinski definition) is 2. The molecule has 0 aliphatic carbocycles. The molecule has 53 heavy (non-hydrogen) atoms. The van der Waals surface area contributed by atoms with Crippen molar-refractivity contribution in [1.82, 2.24) is 15.1 Å². The fraction of sp³-hybridized carbons (Fsp3) is 0.450. The predicted octanol–water partition coefficient (Wildman–Crippen LogP) is 6.75. The van der Waals surface area contributed by atoms with E-state index in [0.29, 0.717) is 35.7 Å². The van der Waals surface area contributed by atoms with E-state index in [1.807, 2.05) is 13.8 Å². The lowest BCUT2D eigenvalue weighted by Gasteiger charge is -2.32. The highest BCUT2D eigenvalue weighted by Gasteiger charge is 2.30. The van der Waals surface area contributed by atoms with Crippen molar-refractivity contribution >= 4 is 23.6 Å². The fourth-order valence-corrected chi connectivity index (χ4v) is 5.71. The summed E-state index contributed by atoms with van der Waals surface area (Å²) >= 11 is 0. The van der Waals surface area contributed by atoms with Crippen molar-refractivity contribution in [2.45, 2.75) is 85.1 Å². The molecular formula is C40H52F2N4O7. The number of rotatable bonds is 17. The highest BCUT2D eigenvalue weighted by Crippen LogP contribution is 2.21. The first-order valence-electron chi connectivity index (χ1n) is 17.6. The Kier molecular flexibility index (Phi) is 15.7. The summed E-state index contributed by atoms with van der Waals surface area (Å²) in [6, 6.07) is 13.4. The molecule has 11 nitrogen and oxygen atoms in total. The number of amides is 3. The number of hydrogen-bond acceptors (Lipinski definition) is 8. The minimum absolute atomic E-state index is 0.0100. The average Bonchev–Trinajstić information content (AvgIpc) is 3.09. The number of aliphatic hydroxyl groups is 1. The van der Waals surface area contributed by atoms with E-state index < -0.39 is 41.4 Å². The zero-order valence-corrected chi connectivity index (χ0v) is 31.9. The van der Waals surface area contributed by atoms with Gasteiger partial charge in [-0.15, -0.1) is 0 Å². The van der Waals surface area contributed by atoms with Crippen LogP contribution in [0.3, 0.4) is 0 Å². The number of ether oxygens (including phenoxy) is 2. The van der Waals surface area contributed by atoms with Gasteiger partial charge in [-0.1, -0.05) is 31.1 Å². The zero-order valence-electron chi connectivity index (χ0n) is 31.9. The topological polar surface area (TPSA) is 130 Å². The van der Waals surface area contributed by atoms with E-state index in [9.17, 15) is 28.3 Å².